The van der Waals surface area contributed by atoms with Gasteiger partial charge in [-0.3, -0.25) is 4.79 Å². The van der Waals surface area contributed by atoms with E-state index in [1.54, 1.807) is 24.3 Å². The van der Waals surface area contributed by atoms with Gasteiger partial charge >= 0.3 is 0 Å². The standard InChI is InChI=1S/C27H22N2O3/c1-2-32-23-15-9-8-14-20(23)25-21(17-10-4-3-5-11-17)16-22(28-29-25)24-26(30)18-12-6-7-13-19(18)27(24)31/h3-16,21,25,30H,2H2,1H3. The predicted octanol–water partition coefficient (Wildman–Crippen LogP) is 6.43. The number of rotatable bonds is 5. The number of hydrogen-bond donors (Lipinski definition) is 1. The van der Waals surface area contributed by atoms with Crippen molar-refractivity contribution in [3.63, 3.8) is 0 Å². The number of hydrogen-bond acceptors (Lipinski definition) is 5. The first-order valence-electron chi connectivity index (χ1n) is 10.7. The maximum atomic E-state index is 13.1. The van der Waals surface area contributed by atoms with Crippen LogP contribution in [0.2, 0.25) is 0 Å². The Labute approximate surface area is 186 Å². The van der Waals surface area contributed by atoms with Crippen LogP contribution in [0.15, 0.2) is 106 Å². The van der Waals surface area contributed by atoms with Gasteiger partial charge in [-0.2, -0.15) is 10.2 Å². The smallest absolute Gasteiger partial charge is 0.199 e. The van der Waals surface area contributed by atoms with E-state index in [0.717, 1.165) is 16.9 Å². The van der Waals surface area contributed by atoms with Gasteiger partial charge < -0.3 is 9.84 Å². The van der Waals surface area contributed by atoms with Crippen LogP contribution in [0.3, 0.4) is 0 Å². The van der Waals surface area contributed by atoms with Crippen LogP contribution in [0, 0.1) is 0 Å². The number of aliphatic hydroxyl groups excluding tert-OH is 1. The van der Waals surface area contributed by atoms with Crippen LogP contribution < -0.4 is 4.74 Å². The van der Waals surface area contributed by atoms with Gasteiger partial charge in [-0.1, -0.05) is 72.8 Å². The Morgan fingerprint density at radius 2 is 1.59 bits per heavy atom. The highest BCUT2D eigenvalue weighted by Crippen LogP contribution is 2.45. The van der Waals surface area contributed by atoms with Crippen molar-refractivity contribution >= 4 is 11.5 Å². The Morgan fingerprint density at radius 3 is 2.34 bits per heavy atom. The average molecular weight is 422 g/mol. The lowest BCUT2D eigenvalue weighted by Gasteiger charge is -2.26. The lowest BCUT2D eigenvalue weighted by Crippen LogP contribution is -2.14. The largest absolute Gasteiger partial charge is 0.506 e. The van der Waals surface area contributed by atoms with E-state index in [-0.39, 0.29) is 29.1 Å². The summed E-state index contributed by atoms with van der Waals surface area (Å²) >= 11 is 0. The van der Waals surface area contributed by atoms with Crippen LogP contribution in [0.25, 0.3) is 5.76 Å². The lowest BCUT2D eigenvalue weighted by molar-refractivity contribution is 0.103. The molecule has 5 heteroatoms. The molecule has 2 aliphatic rings. The molecule has 2 unspecified atom stereocenters. The summed E-state index contributed by atoms with van der Waals surface area (Å²) in [5.41, 5.74) is 3.58. The van der Waals surface area contributed by atoms with Gasteiger partial charge in [0.2, 0.25) is 0 Å². The summed E-state index contributed by atoms with van der Waals surface area (Å²) in [6, 6.07) is 24.6. The molecule has 0 saturated heterocycles. The molecule has 0 spiro atoms. The topological polar surface area (TPSA) is 71.2 Å². The molecular weight excluding hydrogens is 400 g/mol. The van der Waals surface area contributed by atoms with Gasteiger partial charge in [-0.25, -0.2) is 0 Å². The fraction of sp³-hybridized carbons (Fsp3) is 0.148. The first kappa shape index (κ1) is 19.9. The monoisotopic (exact) mass is 422 g/mol. The summed E-state index contributed by atoms with van der Waals surface area (Å²) in [5.74, 6) is 0.310. The van der Waals surface area contributed by atoms with Crippen molar-refractivity contribution in [2.75, 3.05) is 6.61 Å². The first-order chi connectivity index (χ1) is 15.7. The Kier molecular flexibility index (Phi) is 5.15. The fourth-order valence-electron chi connectivity index (χ4n) is 4.35. The molecule has 1 N–H and O–H groups in total. The van der Waals surface area contributed by atoms with Crippen molar-refractivity contribution in [1.29, 1.82) is 0 Å². The zero-order valence-electron chi connectivity index (χ0n) is 17.6. The van der Waals surface area contributed by atoms with E-state index in [0.29, 0.717) is 23.4 Å². The van der Waals surface area contributed by atoms with Gasteiger partial charge in [-0.15, -0.1) is 0 Å². The van der Waals surface area contributed by atoms with Crippen LogP contribution >= 0.6 is 0 Å². The fourth-order valence-corrected chi connectivity index (χ4v) is 4.35. The molecule has 158 valence electrons. The normalized spacial score (nSPS) is 19.7. The Hall–Kier alpha value is -3.99. The molecule has 2 atom stereocenters. The van der Waals surface area contributed by atoms with Crippen LogP contribution in [0.1, 0.15) is 45.9 Å². The first-order valence-corrected chi connectivity index (χ1v) is 10.7. The number of carbonyl (C=O) groups is 1. The van der Waals surface area contributed by atoms with Crippen molar-refractivity contribution in [2.45, 2.75) is 18.9 Å². The van der Waals surface area contributed by atoms with E-state index in [2.05, 4.69) is 10.2 Å². The minimum atomic E-state index is -0.314. The zero-order chi connectivity index (χ0) is 22.1. The lowest BCUT2D eigenvalue weighted by atomic mass is 9.84. The highest BCUT2D eigenvalue weighted by atomic mass is 16.5. The van der Waals surface area contributed by atoms with Gasteiger partial charge in [0.25, 0.3) is 0 Å². The molecule has 32 heavy (non-hydrogen) atoms. The maximum Gasteiger partial charge on any atom is 0.199 e. The highest BCUT2D eigenvalue weighted by molar-refractivity contribution is 6.22. The second-order valence-corrected chi connectivity index (χ2v) is 7.72. The maximum absolute atomic E-state index is 13.1. The number of carbonyl (C=O) groups excluding carboxylic acids is 1. The van der Waals surface area contributed by atoms with Crippen LogP contribution in [0.5, 0.6) is 5.75 Å². The molecule has 0 bridgehead atoms. The van der Waals surface area contributed by atoms with Crippen LogP contribution in [0.4, 0.5) is 0 Å². The van der Waals surface area contributed by atoms with E-state index in [1.165, 1.54) is 0 Å². The molecule has 1 aliphatic carbocycles. The van der Waals surface area contributed by atoms with Crippen LogP contribution in [-0.4, -0.2) is 17.5 Å². The molecule has 0 radical (unpaired) electrons. The number of azo groups is 1. The summed E-state index contributed by atoms with van der Waals surface area (Å²) < 4.78 is 5.85. The van der Waals surface area contributed by atoms with Gasteiger partial charge in [0.1, 0.15) is 17.6 Å². The van der Waals surface area contributed by atoms with Crippen LogP contribution in [-0.2, 0) is 0 Å². The van der Waals surface area contributed by atoms with Gasteiger partial charge in [0, 0.05) is 22.6 Å². The summed E-state index contributed by atoms with van der Waals surface area (Å²) in [4.78, 5) is 13.1. The molecule has 1 aliphatic heterocycles. The van der Waals surface area contributed by atoms with Gasteiger partial charge in [0.15, 0.2) is 5.78 Å². The molecule has 0 saturated carbocycles. The number of para-hydroxylation sites is 1. The predicted molar refractivity (Wildman–Crippen MR) is 123 cm³/mol. The molecule has 5 rings (SSSR count). The van der Waals surface area contributed by atoms with Crippen molar-refractivity contribution in [1.82, 2.24) is 0 Å². The average Bonchev–Trinajstić information content (AvgIpc) is 3.10. The second-order valence-electron chi connectivity index (χ2n) is 7.72. The number of allylic oxidation sites excluding steroid dienone is 1. The Balaban J connectivity index is 1.61. The summed E-state index contributed by atoms with van der Waals surface area (Å²) in [5, 5.41) is 19.9. The zero-order valence-corrected chi connectivity index (χ0v) is 17.6. The quantitative estimate of drug-likeness (QED) is 0.515. The van der Waals surface area contributed by atoms with Crippen molar-refractivity contribution in [3.8, 4) is 5.75 Å². The number of ketones is 1. The Morgan fingerprint density at radius 1 is 0.906 bits per heavy atom. The number of nitrogens with zero attached hydrogens (tertiary/aromatic N) is 2. The van der Waals surface area contributed by atoms with Gasteiger partial charge in [0.05, 0.1) is 17.9 Å². The molecule has 5 nitrogen and oxygen atoms in total. The van der Waals surface area contributed by atoms with Gasteiger partial charge in [-0.05, 0) is 24.6 Å². The summed E-state index contributed by atoms with van der Waals surface area (Å²) in [7, 11) is 0. The molecular formula is C27H22N2O3. The van der Waals surface area contributed by atoms with E-state index in [1.807, 2.05) is 67.6 Å². The van der Waals surface area contributed by atoms with Crippen molar-refractivity contribution in [2.24, 2.45) is 10.2 Å². The molecule has 0 amide bonds. The van der Waals surface area contributed by atoms with E-state index in [9.17, 15) is 9.90 Å². The molecule has 0 aromatic heterocycles. The third-order valence-electron chi connectivity index (χ3n) is 5.84. The summed E-state index contributed by atoms with van der Waals surface area (Å²) in [6.45, 7) is 2.50. The Bertz CT molecular complexity index is 1270. The number of aliphatic hydroxyl groups is 1. The highest BCUT2D eigenvalue weighted by Gasteiger charge is 2.36. The second kappa shape index (κ2) is 8.27. The minimum Gasteiger partial charge on any atom is -0.506 e. The van der Waals surface area contributed by atoms with E-state index in [4.69, 9.17) is 4.74 Å². The van der Waals surface area contributed by atoms with E-state index >= 15 is 0 Å². The number of Topliss-reactive ketones (excluding diaryl/α,β-unsaturated/α-hetero) is 1. The third kappa shape index (κ3) is 3.32. The molecule has 0 fully saturated rings. The number of benzene rings is 3. The number of fused-ring (bicyclic) bond motifs is 1. The molecule has 1 heterocycles. The molecule has 3 aromatic rings. The molecule has 3 aromatic carbocycles. The third-order valence-corrected chi connectivity index (χ3v) is 5.84. The van der Waals surface area contributed by atoms with Crippen molar-refractivity contribution in [3.05, 3.63) is 118 Å². The number of ether oxygens (including phenoxy) is 1. The van der Waals surface area contributed by atoms with Crippen molar-refractivity contribution < 1.29 is 14.6 Å². The minimum absolute atomic E-state index is 0.0456. The summed E-state index contributed by atoms with van der Waals surface area (Å²) in [6.07, 6.45) is 1.94. The SMILES string of the molecule is CCOc1ccccc1C1N=NC(C2=C(O)c3ccccc3C2=O)=CC1c1ccccc1. The van der Waals surface area contributed by atoms with E-state index < -0.39 is 0 Å².